The van der Waals surface area contributed by atoms with Gasteiger partial charge in [0, 0.05) is 37.8 Å². The topological polar surface area (TPSA) is 60.9 Å². The lowest BCUT2D eigenvalue weighted by atomic mass is 9.99. The van der Waals surface area contributed by atoms with Gasteiger partial charge in [0.25, 0.3) is 0 Å². The second-order valence-electron chi connectivity index (χ2n) is 7.22. The molecule has 27 heavy (non-hydrogen) atoms. The minimum absolute atomic E-state index is 0.0871. The van der Waals surface area contributed by atoms with Crippen LogP contribution in [0.15, 0.2) is 29.8 Å². The first-order chi connectivity index (χ1) is 12.9. The number of hydrogen-bond acceptors (Lipinski definition) is 3. The molecular formula is C20H24Cl2N2O3. The van der Waals surface area contributed by atoms with Crippen LogP contribution in [0.2, 0.25) is 10.0 Å². The molecule has 0 spiro atoms. The zero-order valence-corrected chi connectivity index (χ0v) is 16.7. The Hall–Kier alpha value is -1.56. The second-order valence-corrected chi connectivity index (χ2v) is 8.03. The van der Waals surface area contributed by atoms with E-state index in [0.717, 1.165) is 50.9 Å². The molecule has 0 radical (unpaired) electrons. The number of benzene rings is 1. The molecule has 2 aliphatic heterocycles. The highest BCUT2D eigenvalue weighted by Gasteiger charge is 2.29. The van der Waals surface area contributed by atoms with E-state index in [2.05, 4.69) is 4.90 Å². The fourth-order valence-electron chi connectivity index (χ4n) is 3.86. The zero-order valence-electron chi connectivity index (χ0n) is 15.2. The molecule has 2 heterocycles. The van der Waals surface area contributed by atoms with Crippen LogP contribution in [0.3, 0.4) is 0 Å². The number of carboxylic acids is 1. The van der Waals surface area contributed by atoms with E-state index in [9.17, 15) is 14.7 Å². The predicted octanol–water partition coefficient (Wildman–Crippen LogP) is 3.63. The Morgan fingerprint density at radius 3 is 2.70 bits per heavy atom. The molecule has 1 atom stereocenters. The van der Waals surface area contributed by atoms with Crippen molar-refractivity contribution in [3.63, 3.8) is 0 Å². The van der Waals surface area contributed by atoms with Crippen molar-refractivity contribution in [2.45, 2.75) is 38.1 Å². The number of halogens is 2. The van der Waals surface area contributed by atoms with Crippen molar-refractivity contribution in [3.05, 3.63) is 45.5 Å². The van der Waals surface area contributed by atoms with Gasteiger partial charge in [-0.25, -0.2) is 4.79 Å². The molecule has 146 valence electrons. The van der Waals surface area contributed by atoms with Crippen LogP contribution in [0.25, 0.3) is 0 Å². The molecule has 0 aromatic heterocycles. The number of carbonyl (C=O) groups is 2. The SMILES string of the molecule is O=C(O)C1=CCCN(CC2CCCCN2C(=O)Cc2ccc(Cl)c(Cl)c2)C1. The largest absolute Gasteiger partial charge is 0.478 e. The average Bonchev–Trinajstić information content (AvgIpc) is 2.65. The van der Waals surface area contributed by atoms with Crippen LogP contribution in [0.5, 0.6) is 0 Å². The van der Waals surface area contributed by atoms with Gasteiger partial charge < -0.3 is 10.0 Å². The third kappa shape index (κ3) is 5.24. The normalized spacial score (nSPS) is 21.0. The Bertz CT molecular complexity index is 751. The molecule has 1 N–H and O–H groups in total. The first kappa shape index (κ1) is 20.2. The average molecular weight is 411 g/mol. The van der Waals surface area contributed by atoms with Gasteiger partial charge in [0.2, 0.25) is 5.91 Å². The van der Waals surface area contributed by atoms with Gasteiger partial charge in [-0.1, -0.05) is 35.3 Å². The lowest BCUT2D eigenvalue weighted by Gasteiger charge is -2.39. The number of hydrogen-bond donors (Lipinski definition) is 1. The molecule has 0 saturated carbocycles. The van der Waals surface area contributed by atoms with Crippen molar-refractivity contribution >= 4 is 35.1 Å². The number of carboxylic acid groups (broad SMARTS) is 1. The van der Waals surface area contributed by atoms with Crippen LogP contribution in [0, 0.1) is 0 Å². The highest BCUT2D eigenvalue weighted by atomic mass is 35.5. The van der Waals surface area contributed by atoms with E-state index in [1.807, 2.05) is 11.0 Å². The number of piperidine rings is 1. The minimum atomic E-state index is -0.851. The van der Waals surface area contributed by atoms with Gasteiger partial charge in [-0.15, -0.1) is 0 Å². The van der Waals surface area contributed by atoms with Gasteiger partial charge in [-0.05, 0) is 43.4 Å². The Balaban J connectivity index is 1.64. The molecule has 2 aliphatic rings. The molecule has 0 aliphatic carbocycles. The number of aliphatic carboxylic acids is 1. The minimum Gasteiger partial charge on any atom is -0.478 e. The van der Waals surface area contributed by atoms with E-state index < -0.39 is 5.97 Å². The second kappa shape index (κ2) is 9.09. The van der Waals surface area contributed by atoms with Crippen molar-refractivity contribution in [3.8, 4) is 0 Å². The summed E-state index contributed by atoms with van der Waals surface area (Å²) in [5.74, 6) is -0.764. The molecule has 7 heteroatoms. The molecule has 1 fully saturated rings. The van der Waals surface area contributed by atoms with E-state index >= 15 is 0 Å². The van der Waals surface area contributed by atoms with Gasteiger partial charge >= 0.3 is 5.97 Å². The Labute approximate surface area is 169 Å². The zero-order chi connectivity index (χ0) is 19.4. The summed E-state index contributed by atoms with van der Waals surface area (Å²) in [5.41, 5.74) is 1.30. The number of rotatable bonds is 5. The lowest BCUT2D eigenvalue weighted by molar-refractivity contribution is -0.135. The van der Waals surface area contributed by atoms with Gasteiger partial charge in [0.15, 0.2) is 0 Å². The summed E-state index contributed by atoms with van der Waals surface area (Å²) in [7, 11) is 0. The summed E-state index contributed by atoms with van der Waals surface area (Å²) in [6, 6.07) is 5.42. The summed E-state index contributed by atoms with van der Waals surface area (Å²) in [4.78, 5) is 28.3. The summed E-state index contributed by atoms with van der Waals surface area (Å²) in [5, 5.41) is 10.2. The smallest absolute Gasteiger partial charge is 0.332 e. The maximum Gasteiger partial charge on any atom is 0.332 e. The molecule has 1 aromatic carbocycles. The first-order valence-electron chi connectivity index (χ1n) is 9.32. The maximum absolute atomic E-state index is 12.9. The summed E-state index contributed by atoms with van der Waals surface area (Å²) in [6.45, 7) is 2.75. The van der Waals surface area contributed by atoms with E-state index in [1.54, 1.807) is 18.2 Å². The third-order valence-electron chi connectivity index (χ3n) is 5.26. The van der Waals surface area contributed by atoms with Crippen LogP contribution in [0.4, 0.5) is 0 Å². The molecule has 3 rings (SSSR count). The molecule has 1 unspecified atom stereocenters. The standard InChI is InChI=1S/C20H24Cl2N2O3/c21-17-7-6-14(10-18(17)22)11-19(25)24-9-2-1-5-16(24)13-23-8-3-4-15(12-23)20(26)27/h4,6-7,10,16H,1-3,5,8-9,11-13H2,(H,26,27). The highest BCUT2D eigenvalue weighted by Crippen LogP contribution is 2.25. The Morgan fingerprint density at radius 1 is 1.15 bits per heavy atom. The monoisotopic (exact) mass is 410 g/mol. The van der Waals surface area contributed by atoms with E-state index in [4.69, 9.17) is 23.2 Å². The van der Waals surface area contributed by atoms with Crippen molar-refractivity contribution in [1.82, 2.24) is 9.80 Å². The van der Waals surface area contributed by atoms with Gasteiger partial charge in [0.05, 0.1) is 16.5 Å². The molecule has 1 saturated heterocycles. The quantitative estimate of drug-likeness (QED) is 0.804. The van der Waals surface area contributed by atoms with Crippen LogP contribution in [0.1, 0.15) is 31.2 Å². The number of likely N-dealkylation sites (tertiary alicyclic amines) is 1. The van der Waals surface area contributed by atoms with Crippen molar-refractivity contribution in [2.75, 3.05) is 26.2 Å². The van der Waals surface area contributed by atoms with E-state index in [0.29, 0.717) is 28.6 Å². The Kier molecular flexibility index (Phi) is 6.79. The predicted molar refractivity (Wildman–Crippen MR) is 106 cm³/mol. The summed E-state index contributed by atoms with van der Waals surface area (Å²) >= 11 is 12.0. The summed E-state index contributed by atoms with van der Waals surface area (Å²) in [6.07, 6.45) is 5.89. The maximum atomic E-state index is 12.9. The lowest BCUT2D eigenvalue weighted by Crippen LogP contribution is -2.51. The van der Waals surface area contributed by atoms with Gasteiger partial charge in [-0.3, -0.25) is 9.69 Å². The van der Waals surface area contributed by atoms with Crippen molar-refractivity contribution in [2.24, 2.45) is 0 Å². The molecule has 1 aromatic rings. The van der Waals surface area contributed by atoms with Crippen LogP contribution in [-0.4, -0.2) is 59.0 Å². The molecular weight excluding hydrogens is 387 g/mol. The van der Waals surface area contributed by atoms with Crippen LogP contribution in [-0.2, 0) is 16.0 Å². The van der Waals surface area contributed by atoms with Gasteiger partial charge in [-0.2, -0.15) is 0 Å². The number of amides is 1. The summed E-state index contributed by atoms with van der Waals surface area (Å²) < 4.78 is 0. The fraction of sp³-hybridized carbons (Fsp3) is 0.500. The van der Waals surface area contributed by atoms with E-state index in [-0.39, 0.29) is 11.9 Å². The number of carbonyl (C=O) groups excluding carboxylic acids is 1. The Morgan fingerprint density at radius 2 is 1.96 bits per heavy atom. The third-order valence-corrected chi connectivity index (χ3v) is 6.00. The molecule has 1 amide bonds. The van der Waals surface area contributed by atoms with Crippen LogP contribution >= 0.6 is 23.2 Å². The first-order valence-corrected chi connectivity index (χ1v) is 10.1. The fourth-order valence-corrected chi connectivity index (χ4v) is 4.18. The van der Waals surface area contributed by atoms with Crippen molar-refractivity contribution < 1.29 is 14.7 Å². The van der Waals surface area contributed by atoms with Crippen LogP contribution < -0.4 is 0 Å². The highest BCUT2D eigenvalue weighted by molar-refractivity contribution is 6.42. The number of nitrogens with zero attached hydrogens (tertiary/aromatic N) is 2. The molecule has 0 bridgehead atoms. The van der Waals surface area contributed by atoms with E-state index in [1.165, 1.54) is 0 Å². The van der Waals surface area contributed by atoms with Gasteiger partial charge in [0.1, 0.15) is 0 Å². The molecule has 5 nitrogen and oxygen atoms in total. The van der Waals surface area contributed by atoms with Crippen molar-refractivity contribution in [1.29, 1.82) is 0 Å².